The van der Waals surface area contributed by atoms with E-state index in [0.717, 1.165) is 0 Å². The van der Waals surface area contributed by atoms with Gasteiger partial charge in [-0.05, 0) is 32.9 Å². The van der Waals surface area contributed by atoms with Crippen molar-refractivity contribution in [1.82, 2.24) is 0 Å². The van der Waals surface area contributed by atoms with Crippen LogP contribution in [0, 0.1) is 0 Å². The van der Waals surface area contributed by atoms with Crippen LogP contribution < -0.4 is 24.3 Å². The number of ketones is 1. The van der Waals surface area contributed by atoms with Crippen LogP contribution in [0.1, 0.15) is 20.8 Å². The summed E-state index contributed by atoms with van der Waals surface area (Å²) in [6, 6.07) is 4.74. The van der Waals surface area contributed by atoms with Gasteiger partial charge in [-0.25, -0.2) is 0 Å². The molecule has 0 radical (unpaired) electrons. The van der Waals surface area contributed by atoms with Gasteiger partial charge in [0, 0.05) is 17.2 Å². The number of amides is 1. The summed E-state index contributed by atoms with van der Waals surface area (Å²) in [6.45, 7) is 5.52. The Bertz CT molecular complexity index is 1020. The van der Waals surface area contributed by atoms with Gasteiger partial charge in [-0.1, -0.05) is 23.2 Å². The molecule has 0 aliphatic heterocycles. The van der Waals surface area contributed by atoms with Crippen molar-refractivity contribution in [2.45, 2.75) is 26.8 Å². The molecule has 0 bridgehead atoms. The minimum Gasteiger partial charge on any atom is -0.494 e. The molecule has 1 amide bonds. The molecular weight excluding hydrogens is 473 g/mol. The number of benzene rings is 2. The Hall–Kier alpha value is -3.04. The molecule has 178 valence electrons. The lowest BCUT2D eigenvalue weighted by atomic mass is 10.2. The van der Waals surface area contributed by atoms with E-state index in [-0.39, 0.29) is 33.6 Å². The molecule has 2 aromatic rings. The topological polar surface area (TPSA) is 108 Å². The Morgan fingerprint density at radius 3 is 2.12 bits per heavy atom. The van der Waals surface area contributed by atoms with Crippen LogP contribution in [0.5, 0.6) is 23.0 Å². The lowest BCUT2D eigenvalue weighted by Gasteiger charge is -2.17. The molecule has 0 spiro atoms. The second kappa shape index (κ2) is 12.3. The summed E-state index contributed by atoms with van der Waals surface area (Å²) in [5.41, 5.74) is 0.445. The summed E-state index contributed by atoms with van der Waals surface area (Å²) in [5.74, 6) is -0.0907. The number of carbonyl (C=O) groups excluding carboxylic acids is 2. The van der Waals surface area contributed by atoms with Gasteiger partial charge in [0.2, 0.25) is 6.04 Å². The quantitative estimate of drug-likeness (QED) is 0.324. The highest BCUT2D eigenvalue weighted by Crippen LogP contribution is 2.41. The van der Waals surface area contributed by atoms with Crippen molar-refractivity contribution >= 4 is 46.3 Å². The molecule has 1 atom stereocenters. The second-order valence-electron chi connectivity index (χ2n) is 6.50. The maximum atomic E-state index is 12.9. The van der Waals surface area contributed by atoms with Crippen LogP contribution in [0.2, 0.25) is 10.0 Å². The third-order valence-corrected chi connectivity index (χ3v) is 4.84. The summed E-state index contributed by atoms with van der Waals surface area (Å²) < 4.78 is 21.6. The molecule has 0 saturated heterocycles. The molecule has 0 aromatic heterocycles. The fourth-order valence-electron chi connectivity index (χ4n) is 2.78. The Balaban J connectivity index is 2.38. The van der Waals surface area contributed by atoms with E-state index in [1.54, 1.807) is 19.1 Å². The van der Waals surface area contributed by atoms with E-state index in [4.69, 9.17) is 42.1 Å². The smallest absolute Gasteiger partial charge is 0.258 e. The van der Waals surface area contributed by atoms with Gasteiger partial charge in [-0.3, -0.25) is 9.59 Å². The zero-order chi connectivity index (χ0) is 24.5. The van der Waals surface area contributed by atoms with Crippen molar-refractivity contribution in [2.75, 3.05) is 32.8 Å². The molecule has 0 saturated carbocycles. The highest BCUT2D eigenvalue weighted by Gasteiger charge is 2.26. The van der Waals surface area contributed by atoms with Gasteiger partial charge >= 0.3 is 0 Å². The van der Waals surface area contributed by atoms with Crippen molar-refractivity contribution in [2.24, 2.45) is 10.2 Å². The van der Waals surface area contributed by atoms with Crippen LogP contribution in [-0.2, 0) is 9.59 Å². The molecule has 33 heavy (non-hydrogen) atoms. The lowest BCUT2D eigenvalue weighted by molar-refractivity contribution is -0.126. The number of azo groups is 1. The van der Waals surface area contributed by atoms with Crippen molar-refractivity contribution in [1.29, 1.82) is 0 Å². The number of rotatable bonds is 11. The highest BCUT2D eigenvalue weighted by molar-refractivity contribution is 6.34. The largest absolute Gasteiger partial charge is 0.494 e. The van der Waals surface area contributed by atoms with Crippen molar-refractivity contribution in [3.05, 3.63) is 34.3 Å². The summed E-state index contributed by atoms with van der Waals surface area (Å²) in [4.78, 5) is 25.1. The van der Waals surface area contributed by atoms with E-state index in [1.165, 1.54) is 33.3 Å². The molecule has 0 aliphatic carbocycles. The number of nitrogens with one attached hydrogen (secondary N) is 1. The van der Waals surface area contributed by atoms with Crippen LogP contribution in [0.4, 0.5) is 11.4 Å². The number of anilines is 1. The number of nitrogens with zero attached hydrogens (tertiary/aromatic N) is 2. The van der Waals surface area contributed by atoms with Crippen molar-refractivity contribution < 1.29 is 28.5 Å². The van der Waals surface area contributed by atoms with E-state index in [9.17, 15) is 9.59 Å². The first-order chi connectivity index (χ1) is 15.8. The van der Waals surface area contributed by atoms with Gasteiger partial charge in [0.1, 0.15) is 10.8 Å². The van der Waals surface area contributed by atoms with E-state index in [1.807, 2.05) is 6.92 Å². The number of Topliss-reactive ketones (excluding diaryl/α,β-unsaturated/α-hetero) is 1. The van der Waals surface area contributed by atoms with Crippen molar-refractivity contribution in [3.8, 4) is 23.0 Å². The van der Waals surface area contributed by atoms with Gasteiger partial charge in [0.15, 0.2) is 28.7 Å². The fourth-order valence-corrected chi connectivity index (χ4v) is 3.26. The number of hydrogen-bond acceptors (Lipinski definition) is 8. The molecule has 0 fully saturated rings. The highest BCUT2D eigenvalue weighted by atomic mass is 35.5. The standard InChI is InChI=1S/C22H25Cl2N3O6/c1-6-32-15-9-8-14(21(18(15)24)33-7-2)25-22(29)19(12(3)28)26-27-20-16(30-4)10-13(23)11-17(20)31-5/h8-11,19H,6-7H2,1-5H3,(H,25,29). The number of ether oxygens (including phenoxy) is 4. The molecule has 0 aliphatic rings. The molecular formula is C22H25Cl2N3O6. The minimum atomic E-state index is -1.45. The summed E-state index contributed by atoms with van der Waals surface area (Å²) in [7, 11) is 2.84. The molecule has 1 unspecified atom stereocenters. The Kier molecular flexibility index (Phi) is 9.74. The van der Waals surface area contributed by atoms with Gasteiger partial charge in [0.05, 0.1) is 33.1 Å². The molecule has 2 aromatic carbocycles. The zero-order valence-electron chi connectivity index (χ0n) is 18.9. The third kappa shape index (κ3) is 6.49. The molecule has 0 heterocycles. The van der Waals surface area contributed by atoms with E-state index in [0.29, 0.717) is 24.0 Å². The average Bonchev–Trinajstić information content (AvgIpc) is 2.78. The van der Waals surface area contributed by atoms with E-state index >= 15 is 0 Å². The normalized spacial score (nSPS) is 11.7. The summed E-state index contributed by atoms with van der Waals surface area (Å²) >= 11 is 12.4. The summed E-state index contributed by atoms with van der Waals surface area (Å²) in [5, 5.41) is 11.2. The number of halogens is 2. The van der Waals surface area contributed by atoms with Gasteiger partial charge in [-0.2, -0.15) is 5.11 Å². The third-order valence-electron chi connectivity index (χ3n) is 4.26. The first kappa shape index (κ1) is 26.2. The van der Waals surface area contributed by atoms with Gasteiger partial charge < -0.3 is 24.3 Å². The number of hydrogen-bond donors (Lipinski definition) is 1. The van der Waals surface area contributed by atoms with Crippen LogP contribution in [0.3, 0.4) is 0 Å². The Morgan fingerprint density at radius 1 is 1.00 bits per heavy atom. The lowest BCUT2D eigenvalue weighted by Crippen LogP contribution is -2.32. The second-order valence-corrected chi connectivity index (χ2v) is 7.31. The van der Waals surface area contributed by atoms with E-state index in [2.05, 4.69) is 15.5 Å². The predicted octanol–water partition coefficient (Wildman–Crippen LogP) is 5.49. The number of carbonyl (C=O) groups is 2. The SMILES string of the molecule is CCOc1ccc(NC(=O)C(N=Nc2c(OC)cc(Cl)cc2OC)C(C)=O)c(OCC)c1Cl. The minimum absolute atomic E-state index is 0.183. The van der Waals surface area contributed by atoms with E-state index < -0.39 is 17.7 Å². The maximum absolute atomic E-state index is 12.9. The Labute approximate surface area is 202 Å². The molecule has 2 rings (SSSR count). The number of methoxy groups -OCH3 is 2. The predicted molar refractivity (Wildman–Crippen MR) is 126 cm³/mol. The van der Waals surface area contributed by atoms with Crippen molar-refractivity contribution in [3.63, 3.8) is 0 Å². The molecule has 9 nitrogen and oxygen atoms in total. The molecule has 11 heteroatoms. The van der Waals surface area contributed by atoms with Crippen LogP contribution in [0.15, 0.2) is 34.5 Å². The van der Waals surface area contributed by atoms with Gasteiger partial charge in [-0.15, -0.1) is 5.11 Å². The first-order valence-electron chi connectivity index (χ1n) is 9.99. The first-order valence-corrected chi connectivity index (χ1v) is 10.7. The summed E-state index contributed by atoms with van der Waals surface area (Å²) in [6.07, 6.45) is 0. The zero-order valence-corrected chi connectivity index (χ0v) is 20.4. The average molecular weight is 498 g/mol. The van der Waals surface area contributed by atoms with Crippen LogP contribution in [0.25, 0.3) is 0 Å². The van der Waals surface area contributed by atoms with Gasteiger partial charge in [0.25, 0.3) is 5.91 Å². The monoisotopic (exact) mass is 497 g/mol. The van der Waals surface area contributed by atoms with Crippen LogP contribution >= 0.6 is 23.2 Å². The van der Waals surface area contributed by atoms with Crippen LogP contribution in [-0.4, -0.2) is 45.2 Å². The maximum Gasteiger partial charge on any atom is 0.258 e. The molecule has 1 N–H and O–H groups in total. The fraction of sp³-hybridized carbons (Fsp3) is 0.364. The Morgan fingerprint density at radius 2 is 1.61 bits per heavy atom.